The fourth-order valence-corrected chi connectivity index (χ4v) is 3.11. The van der Waals surface area contributed by atoms with Crippen LogP contribution in [-0.2, 0) is 0 Å². The van der Waals surface area contributed by atoms with Gasteiger partial charge in [0.2, 0.25) is 0 Å². The number of pyridine rings is 1. The van der Waals surface area contributed by atoms with Crippen molar-refractivity contribution < 1.29 is 9.59 Å². The Kier molecular flexibility index (Phi) is 6.76. The molecule has 0 saturated carbocycles. The summed E-state index contributed by atoms with van der Waals surface area (Å²) in [7, 11) is 0. The molecule has 0 aliphatic carbocycles. The molecule has 2 amide bonds. The average molecular weight is 331 g/mol. The van der Waals surface area contributed by atoms with Crippen LogP contribution in [0.1, 0.15) is 73.7 Å². The van der Waals surface area contributed by atoms with Gasteiger partial charge in [0.15, 0.2) is 0 Å². The van der Waals surface area contributed by atoms with Crippen molar-refractivity contribution in [2.75, 3.05) is 13.1 Å². The van der Waals surface area contributed by atoms with Gasteiger partial charge < -0.3 is 10.2 Å². The molecule has 1 unspecified atom stereocenters. The highest BCUT2D eigenvalue weighted by atomic mass is 16.2. The van der Waals surface area contributed by atoms with Gasteiger partial charge in [0.05, 0.1) is 0 Å². The number of rotatable bonds is 6. The predicted octanol–water partition coefficient (Wildman–Crippen LogP) is 3.26. The molecule has 2 rings (SSSR count). The largest absolute Gasteiger partial charge is 0.351 e. The second-order valence-electron chi connectivity index (χ2n) is 6.92. The third kappa shape index (κ3) is 4.79. The minimum atomic E-state index is -0.212. The van der Waals surface area contributed by atoms with Crippen molar-refractivity contribution in [2.45, 2.75) is 58.9 Å². The number of carbonyl (C=O) groups is 2. The summed E-state index contributed by atoms with van der Waals surface area (Å²) in [5.74, 6) is 0.340. The summed E-state index contributed by atoms with van der Waals surface area (Å²) >= 11 is 0. The van der Waals surface area contributed by atoms with Crippen molar-refractivity contribution in [3.63, 3.8) is 0 Å². The Morgan fingerprint density at radius 1 is 1.38 bits per heavy atom. The molecule has 1 aromatic rings. The van der Waals surface area contributed by atoms with E-state index in [1.807, 2.05) is 4.90 Å². The number of piperidine rings is 1. The lowest BCUT2D eigenvalue weighted by atomic mass is 9.99. The van der Waals surface area contributed by atoms with Gasteiger partial charge in [0.25, 0.3) is 11.8 Å². The smallest absolute Gasteiger partial charge is 0.269 e. The van der Waals surface area contributed by atoms with Gasteiger partial charge >= 0.3 is 0 Å². The van der Waals surface area contributed by atoms with Crippen LogP contribution in [0.25, 0.3) is 0 Å². The quantitative estimate of drug-likeness (QED) is 0.870. The summed E-state index contributed by atoms with van der Waals surface area (Å²) in [6, 6.07) is 3.63. The van der Waals surface area contributed by atoms with E-state index in [1.165, 1.54) is 6.42 Å². The van der Waals surface area contributed by atoms with Crippen LogP contribution < -0.4 is 5.32 Å². The maximum atomic E-state index is 12.8. The van der Waals surface area contributed by atoms with Crippen molar-refractivity contribution in [2.24, 2.45) is 5.92 Å². The van der Waals surface area contributed by atoms with Crippen molar-refractivity contribution in [1.82, 2.24) is 15.2 Å². The monoisotopic (exact) mass is 331 g/mol. The van der Waals surface area contributed by atoms with Gasteiger partial charge in [-0.05, 0) is 50.2 Å². The lowest BCUT2D eigenvalue weighted by Crippen LogP contribution is -2.43. The zero-order valence-electron chi connectivity index (χ0n) is 15.0. The van der Waals surface area contributed by atoms with E-state index in [9.17, 15) is 9.59 Å². The van der Waals surface area contributed by atoms with E-state index in [-0.39, 0.29) is 11.8 Å². The van der Waals surface area contributed by atoms with Crippen LogP contribution in [0.5, 0.6) is 0 Å². The SMILES string of the molecule is CCC1CCCCN1C(=O)c1ccnc(C(=O)NCCC(C)C)c1. The topological polar surface area (TPSA) is 62.3 Å². The van der Waals surface area contributed by atoms with Crippen molar-refractivity contribution in [3.05, 3.63) is 29.6 Å². The molecule has 5 nitrogen and oxygen atoms in total. The molecule has 24 heavy (non-hydrogen) atoms. The molecule has 5 heteroatoms. The van der Waals surface area contributed by atoms with Gasteiger partial charge in [-0.2, -0.15) is 0 Å². The fraction of sp³-hybridized carbons (Fsp3) is 0.632. The second kappa shape index (κ2) is 8.81. The highest BCUT2D eigenvalue weighted by Crippen LogP contribution is 2.21. The third-order valence-corrected chi connectivity index (χ3v) is 4.61. The summed E-state index contributed by atoms with van der Waals surface area (Å²) in [6.45, 7) is 7.78. The number of aromatic nitrogens is 1. The molecular weight excluding hydrogens is 302 g/mol. The highest BCUT2D eigenvalue weighted by molar-refractivity contribution is 5.98. The molecule has 1 saturated heterocycles. The number of hydrogen-bond donors (Lipinski definition) is 1. The Morgan fingerprint density at radius 3 is 2.88 bits per heavy atom. The van der Waals surface area contributed by atoms with Gasteiger partial charge in [-0.3, -0.25) is 14.6 Å². The molecule has 1 aliphatic rings. The Hall–Kier alpha value is -1.91. The molecule has 1 N–H and O–H groups in total. The summed E-state index contributed by atoms with van der Waals surface area (Å²) in [4.78, 5) is 31.1. The molecule has 0 radical (unpaired) electrons. The van der Waals surface area contributed by atoms with Crippen LogP contribution >= 0.6 is 0 Å². The van der Waals surface area contributed by atoms with Crippen molar-refractivity contribution >= 4 is 11.8 Å². The molecule has 1 atom stereocenters. The number of amides is 2. The molecule has 1 aromatic heterocycles. The van der Waals surface area contributed by atoms with Crippen molar-refractivity contribution in [3.8, 4) is 0 Å². The zero-order chi connectivity index (χ0) is 17.5. The van der Waals surface area contributed by atoms with Crippen LogP contribution in [-0.4, -0.2) is 40.8 Å². The first kappa shape index (κ1) is 18.4. The summed E-state index contributed by atoms with van der Waals surface area (Å²) in [6.07, 6.45) is 6.75. The Balaban J connectivity index is 2.06. The molecule has 0 bridgehead atoms. The van der Waals surface area contributed by atoms with Crippen LogP contribution in [0, 0.1) is 5.92 Å². The van der Waals surface area contributed by atoms with E-state index in [4.69, 9.17) is 0 Å². The fourth-order valence-electron chi connectivity index (χ4n) is 3.11. The number of carbonyl (C=O) groups excluding carboxylic acids is 2. The minimum Gasteiger partial charge on any atom is -0.351 e. The molecule has 1 aliphatic heterocycles. The van der Waals surface area contributed by atoms with E-state index in [2.05, 4.69) is 31.1 Å². The van der Waals surface area contributed by atoms with Gasteiger partial charge in [0, 0.05) is 30.9 Å². The summed E-state index contributed by atoms with van der Waals surface area (Å²) in [5, 5.41) is 2.87. The first-order valence-corrected chi connectivity index (χ1v) is 9.08. The van der Waals surface area contributed by atoms with E-state index < -0.39 is 0 Å². The maximum Gasteiger partial charge on any atom is 0.269 e. The van der Waals surface area contributed by atoms with Gasteiger partial charge in [-0.25, -0.2) is 0 Å². The van der Waals surface area contributed by atoms with Crippen LogP contribution in [0.2, 0.25) is 0 Å². The lowest BCUT2D eigenvalue weighted by molar-refractivity contribution is 0.0608. The number of nitrogens with one attached hydrogen (secondary N) is 1. The van der Waals surface area contributed by atoms with Crippen LogP contribution in [0.15, 0.2) is 18.3 Å². The molecular formula is C19H29N3O2. The zero-order valence-corrected chi connectivity index (χ0v) is 15.0. The maximum absolute atomic E-state index is 12.8. The molecule has 132 valence electrons. The number of nitrogens with zero attached hydrogens (tertiary/aromatic N) is 2. The molecule has 0 spiro atoms. The number of likely N-dealkylation sites (tertiary alicyclic amines) is 1. The highest BCUT2D eigenvalue weighted by Gasteiger charge is 2.26. The second-order valence-corrected chi connectivity index (χ2v) is 6.92. The Bertz CT molecular complexity index is 571. The first-order valence-electron chi connectivity index (χ1n) is 9.08. The summed E-state index contributed by atoms with van der Waals surface area (Å²) in [5.41, 5.74) is 0.869. The predicted molar refractivity (Wildman–Crippen MR) is 95.0 cm³/mol. The standard InChI is InChI=1S/C19H29N3O2/c1-4-16-7-5-6-12-22(16)19(24)15-9-11-20-17(13-15)18(23)21-10-8-14(2)3/h9,11,13-14,16H,4-8,10,12H2,1-3H3,(H,21,23). The Morgan fingerprint density at radius 2 is 2.17 bits per heavy atom. The first-order chi connectivity index (χ1) is 11.5. The normalized spacial score (nSPS) is 17.8. The van der Waals surface area contributed by atoms with Gasteiger partial charge in [-0.1, -0.05) is 20.8 Å². The van der Waals surface area contributed by atoms with Gasteiger partial charge in [0.1, 0.15) is 5.69 Å². The van der Waals surface area contributed by atoms with E-state index in [0.29, 0.717) is 29.8 Å². The lowest BCUT2D eigenvalue weighted by Gasteiger charge is -2.35. The van der Waals surface area contributed by atoms with E-state index in [0.717, 1.165) is 32.2 Å². The third-order valence-electron chi connectivity index (χ3n) is 4.61. The van der Waals surface area contributed by atoms with E-state index in [1.54, 1.807) is 18.3 Å². The van der Waals surface area contributed by atoms with Gasteiger partial charge in [-0.15, -0.1) is 0 Å². The summed E-state index contributed by atoms with van der Waals surface area (Å²) < 4.78 is 0. The minimum absolute atomic E-state index is 0.0141. The molecule has 1 fully saturated rings. The van der Waals surface area contributed by atoms with E-state index >= 15 is 0 Å². The number of hydrogen-bond acceptors (Lipinski definition) is 3. The molecule has 0 aromatic carbocycles. The Labute approximate surface area is 144 Å². The van der Waals surface area contributed by atoms with Crippen LogP contribution in [0.3, 0.4) is 0 Å². The average Bonchev–Trinajstić information content (AvgIpc) is 2.60. The molecule has 2 heterocycles. The van der Waals surface area contributed by atoms with Crippen LogP contribution in [0.4, 0.5) is 0 Å². The van der Waals surface area contributed by atoms with Crippen molar-refractivity contribution in [1.29, 1.82) is 0 Å².